The zero-order valence-corrected chi connectivity index (χ0v) is 12.2. The van der Waals surface area contributed by atoms with Crippen molar-refractivity contribution < 1.29 is 27.9 Å². The number of carboxylic acids is 1. The Kier molecular flexibility index (Phi) is 6.21. The van der Waals surface area contributed by atoms with Crippen molar-refractivity contribution in [3.05, 3.63) is 0 Å². The second-order valence-corrected chi connectivity index (χ2v) is 6.27. The fraction of sp³-hybridized carbons (Fsp3) is 0.818. The van der Waals surface area contributed by atoms with E-state index >= 15 is 0 Å². The smallest absolute Gasteiger partial charge is 0.421 e. The summed E-state index contributed by atoms with van der Waals surface area (Å²) in [5, 5.41) is 8.61. The summed E-state index contributed by atoms with van der Waals surface area (Å²) in [5.41, 5.74) is 0. The summed E-state index contributed by atoms with van der Waals surface area (Å²) in [6.07, 6.45) is 0.849. The maximum Gasteiger partial charge on any atom is 0.421 e. The topological polar surface area (TPSA) is 113 Å². The van der Waals surface area contributed by atoms with E-state index in [1.165, 1.54) is 4.31 Å². The number of amides is 1. The number of rotatable bonds is 6. The van der Waals surface area contributed by atoms with Crippen molar-refractivity contribution >= 4 is 22.3 Å². The average molecular weight is 308 g/mol. The SMILES string of the molecule is CCOC(=O)NS(=O)(=O)N1CCC(CCC(=O)O)CC1. The molecular weight excluding hydrogens is 288 g/mol. The third-order valence-electron chi connectivity index (χ3n) is 3.17. The highest BCUT2D eigenvalue weighted by Crippen LogP contribution is 2.23. The lowest BCUT2D eigenvalue weighted by Gasteiger charge is -2.30. The first kappa shape index (κ1) is 16.7. The van der Waals surface area contributed by atoms with Crippen LogP contribution in [0.5, 0.6) is 0 Å². The van der Waals surface area contributed by atoms with E-state index in [-0.39, 0.29) is 32.0 Å². The van der Waals surface area contributed by atoms with Gasteiger partial charge in [-0.3, -0.25) is 4.79 Å². The van der Waals surface area contributed by atoms with E-state index in [0.717, 1.165) is 0 Å². The van der Waals surface area contributed by atoms with Crippen LogP contribution in [-0.4, -0.2) is 49.6 Å². The van der Waals surface area contributed by atoms with Crippen LogP contribution in [0, 0.1) is 5.92 Å². The van der Waals surface area contributed by atoms with Crippen LogP contribution in [-0.2, 0) is 19.7 Å². The molecular formula is C11H20N2O6S. The molecule has 1 heterocycles. The van der Waals surface area contributed by atoms with Crippen LogP contribution in [0.3, 0.4) is 0 Å². The number of ether oxygens (including phenoxy) is 1. The van der Waals surface area contributed by atoms with Gasteiger partial charge in [0.2, 0.25) is 0 Å². The summed E-state index contributed by atoms with van der Waals surface area (Å²) in [6.45, 7) is 2.23. The standard InChI is InChI=1S/C11H20N2O6S/c1-2-19-11(16)12-20(17,18)13-7-5-9(6-8-13)3-4-10(14)15/h9H,2-8H2,1H3,(H,12,16)(H,14,15). The molecule has 0 radical (unpaired) electrons. The Balaban J connectivity index is 2.43. The number of carboxylic acid groups (broad SMARTS) is 1. The minimum absolute atomic E-state index is 0.0957. The van der Waals surface area contributed by atoms with Gasteiger partial charge in [0.25, 0.3) is 0 Å². The van der Waals surface area contributed by atoms with Crippen molar-refractivity contribution in [2.45, 2.75) is 32.6 Å². The van der Waals surface area contributed by atoms with Crippen molar-refractivity contribution in [3.8, 4) is 0 Å². The van der Waals surface area contributed by atoms with Crippen LogP contribution < -0.4 is 4.72 Å². The lowest BCUT2D eigenvalue weighted by atomic mass is 9.93. The molecule has 1 aliphatic rings. The van der Waals surface area contributed by atoms with Gasteiger partial charge >= 0.3 is 22.3 Å². The summed E-state index contributed by atoms with van der Waals surface area (Å²) in [5.74, 6) is -0.635. The average Bonchev–Trinajstić information content (AvgIpc) is 2.36. The second kappa shape index (κ2) is 7.44. The van der Waals surface area contributed by atoms with Crippen molar-refractivity contribution in [1.29, 1.82) is 0 Å². The molecule has 0 saturated carbocycles. The molecule has 0 aliphatic carbocycles. The van der Waals surface area contributed by atoms with Gasteiger partial charge < -0.3 is 9.84 Å². The Labute approximate surface area is 118 Å². The third kappa shape index (κ3) is 5.33. The van der Waals surface area contributed by atoms with E-state index in [1.807, 2.05) is 4.72 Å². The van der Waals surface area contributed by atoms with Crippen LogP contribution in [0.15, 0.2) is 0 Å². The molecule has 0 aromatic carbocycles. The molecule has 0 aromatic rings. The van der Waals surface area contributed by atoms with E-state index in [9.17, 15) is 18.0 Å². The van der Waals surface area contributed by atoms with Crippen LogP contribution in [0.4, 0.5) is 4.79 Å². The van der Waals surface area contributed by atoms with Crippen molar-refractivity contribution in [1.82, 2.24) is 9.03 Å². The van der Waals surface area contributed by atoms with Gasteiger partial charge in [0, 0.05) is 19.5 Å². The molecule has 1 rings (SSSR count). The molecule has 0 aromatic heterocycles. The quantitative estimate of drug-likeness (QED) is 0.741. The minimum Gasteiger partial charge on any atom is -0.481 e. The van der Waals surface area contributed by atoms with Gasteiger partial charge in [-0.25, -0.2) is 9.52 Å². The Hall–Kier alpha value is -1.35. The summed E-state index contributed by atoms with van der Waals surface area (Å²) in [6, 6.07) is 0. The molecule has 8 nitrogen and oxygen atoms in total. The van der Waals surface area contributed by atoms with Crippen molar-refractivity contribution in [2.24, 2.45) is 5.92 Å². The first-order valence-electron chi connectivity index (χ1n) is 6.51. The van der Waals surface area contributed by atoms with Crippen molar-refractivity contribution in [3.63, 3.8) is 0 Å². The second-order valence-electron chi connectivity index (χ2n) is 4.60. The largest absolute Gasteiger partial charge is 0.481 e. The van der Waals surface area contributed by atoms with E-state index in [1.54, 1.807) is 6.92 Å². The van der Waals surface area contributed by atoms with E-state index in [4.69, 9.17) is 5.11 Å². The van der Waals surface area contributed by atoms with Crippen molar-refractivity contribution in [2.75, 3.05) is 19.7 Å². The molecule has 1 aliphatic heterocycles. The van der Waals surface area contributed by atoms with Gasteiger partial charge in [0.05, 0.1) is 6.61 Å². The number of carbonyl (C=O) groups is 2. The molecule has 1 fully saturated rings. The normalized spacial score (nSPS) is 17.6. The van der Waals surface area contributed by atoms with Gasteiger partial charge in [-0.2, -0.15) is 12.7 Å². The summed E-state index contributed by atoms with van der Waals surface area (Å²) in [4.78, 5) is 21.6. The molecule has 0 bridgehead atoms. The molecule has 0 atom stereocenters. The number of nitrogens with zero attached hydrogens (tertiary/aromatic N) is 1. The zero-order valence-electron chi connectivity index (χ0n) is 11.4. The van der Waals surface area contributed by atoms with E-state index < -0.39 is 22.3 Å². The Morgan fingerprint density at radius 3 is 2.45 bits per heavy atom. The van der Waals surface area contributed by atoms with Crippen LogP contribution in [0.25, 0.3) is 0 Å². The number of hydrogen-bond donors (Lipinski definition) is 2. The highest BCUT2D eigenvalue weighted by molar-refractivity contribution is 7.87. The molecule has 9 heteroatoms. The third-order valence-corrected chi connectivity index (χ3v) is 4.64. The fourth-order valence-corrected chi connectivity index (χ4v) is 3.19. The molecule has 2 N–H and O–H groups in total. The number of nitrogens with one attached hydrogen (secondary N) is 1. The predicted molar refractivity (Wildman–Crippen MR) is 70.2 cm³/mol. The molecule has 0 spiro atoms. The highest BCUT2D eigenvalue weighted by atomic mass is 32.2. The van der Waals surface area contributed by atoms with E-state index in [0.29, 0.717) is 19.3 Å². The lowest BCUT2D eigenvalue weighted by molar-refractivity contribution is -0.137. The maximum absolute atomic E-state index is 11.9. The van der Waals surface area contributed by atoms with Crippen LogP contribution in [0.1, 0.15) is 32.6 Å². The zero-order chi connectivity index (χ0) is 15.2. The van der Waals surface area contributed by atoms with Gasteiger partial charge in [-0.15, -0.1) is 0 Å². The van der Waals surface area contributed by atoms with Gasteiger partial charge in [-0.05, 0) is 32.1 Å². The van der Waals surface area contributed by atoms with Crippen LogP contribution >= 0.6 is 0 Å². The number of piperidine rings is 1. The number of carbonyl (C=O) groups excluding carboxylic acids is 1. The number of aliphatic carboxylic acids is 1. The molecule has 1 saturated heterocycles. The Morgan fingerprint density at radius 1 is 1.35 bits per heavy atom. The van der Waals surface area contributed by atoms with Gasteiger partial charge in [-0.1, -0.05) is 0 Å². The number of hydrogen-bond acceptors (Lipinski definition) is 5. The first-order chi connectivity index (χ1) is 9.35. The highest BCUT2D eigenvalue weighted by Gasteiger charge is 2.29. The molecule has 20 heavy (non-hydrogen) atoms. The monoisotopic (exact) mass is 308 g/mol. The van der Waals surface area contributed by atoms with Crippen LogP contribution in [0.2, 0.25) is 0 Å². The van der Waals surface area contributed by atoms with E-state index in [2.05, 4.69) is 4.74 Å². The van der Waals surface area contributed by atoms with Gasteiger partial charge in [0.15, 0.2) is 0 Å². The molecule has 1 amide bonds. The summed E-state index contributed by atoms with van der Waals surface area (Å²) in [7, 11) is -3.87. The summed E-state index contributed by atoms with van der Waals surface area (Å²) < 4.78 is 31.3. The Bertz CT molecular complexity index is 442. The summed E-state index contributed by atoms with van der Waals surface area (Å²) >= 11 is 0. The minimum atomic E-state index is -3.87. The molecule has 116 valence electrons. The maximum atomic E-state index is 11.9. The lowest BCUT2D eigenvalue weighted by Crippen LogP contribution is -2.47. The first-order valence-corrected chi connectivity index (χ1v) is 7.95. The fourth-order valence-electron chi connectivity index (χ4n) is 2.10. The Morgan fingerprint density at radius 2 is 1.95 bits per heavy atom. The predicted octanol–water partition coefficient (Wildman–Crippen LogP) is 0.554. The van der Waals surface area contributed by atoms with Gasteiger partial charge in [0.1, 0.15) is 0 Å². The molecule has 0 unspecified atom stereocenters.